The molecule has 8 heteroatoms. The van der Waals surface area contributed by atoms with Crippen LogP contribution in [0.5, 0.6) is 0 Å². The second kappa shape index (κ2) is 11.0. The average Bonchev–Trinajstić information content (AvgIpc) is 2.69. The van der Waals surface area contributed by atoms with Crippen molar-refractivity contribution in [3.63, 3.8) is 0 Å². The number of carbonyl (C=O) groups is 2. The quantitative estimate of drug-likeness (QED) is 0.538. The second-order valence-corrected chi connectivity index (χ2v) is 8.31. The maximum atomic E-state index is 14.2. The Bertz CT molecular complexity index is 883. The van der Waals surface area contributed by atoms with E-state index in [1.807, 2.05) is 13.8 Å². The molecule has 2 atom stereocenters. The van der Waals surface area contributed by atoms with Gasteiger partial charge in [-0.25, -0.2) is 4.39 Å². The van der Waals surface area contributed by atoms with Gasteiger partial charge in [-0.15, -0.1) is 0 Å². The minimum atomic E-state index is -0.829. The van der Waals surface area contributed by atoms with Crippen LogP contribution in [0, 0.1) is 5.82 Å². The first kappa shape index (κ1) is 24.4. The van der Waals surface area contributed by atoms with E-state index in [1.54, 1.807) is 25.1 Å². The summed E-state index contributed by atoms with van der Waals surface area (Å²) in [6, 6.07) is 8.34. The van der Waals surface area contributed by atoms with Crippen molar-refractivity contribution in [1.82, 2.24) is 10.2 Å². The Hall–Kier alpha value is -1.82. The molecule has 0 fully saturated rings. The van der Waals surface area contributed by atoms with E-state index < -0.39 is 17.8 Å². The molecule has 0 radical (unpaired) electrons. The zero-order valence-corrected chi connectivity index (χ0v) is 19.3. The van der Waals surface area contributed by atoms with Gasteiger partial charge in [0.05, 0.1) is 6.42 Å². The molecule has 2 rings (SSSR count). The topological polar surface area (TPSA) is 49.4 Å². The van der Waals surface area contributed by atoms with E-state index in [2.05, 4.69) is 5.32 Å². The van der Waals surface area contributed by atoms with Gasteiger partial charge in [0, 0.05) is 38.8 Å². The number of halogens is 4. The molecule has 0 saturated carbocycles. The first-order valence-electron chi connectivity index (χ1n) is 9.61. The molecular weight excluding hydrogens is 450 g/mol. The zero-order chi connectivity index (χ0) is 22.4. The number of nitrogens with one attached hydrogen (secondary N) is 1. The molecule has 1 N–H and O–H groups in total. The van der Waals surface area contributed by atoms with E-state index in [-0.39, 0.29) is 35.5 Å². The number of hydrogen-bond acceptors (Lipinski definition) is 2. The molecule has 0 aliphatic rings. The molecule has 162 valence electrons. The van der Waals surface area contributed by atoms with E-state index >= 15 is 0 Å². The van der Waals surface area contributed by atoms with Crippen molar-refractivity contribution >= 4 is 46.6 Å². The van der Waals surface area contributed by atoms with Gasteiger partial charge in [-0.05, 0) is 44.5 Å². The van der Waals surface area contributed by atoms with Crippen molar-refractivity contribution in [2.45, 2.75) is 52.2 Å². The summed E-state index contributed by atoms with van der Waals surface area (Å²) in [7, 11) is 0. The van der Waals surface area contributed by atoms with Crippen LogP contribution < -0.4 is 5.32 Å². The van der Waals surface area contributed by atoms with Crippen molar-refractivity contribution in [3.8, 4) is 0 Å². The van der Waals surface area contributed by atoms with E-state index in [0.717, 1.165) is 6.42 Å². The summed E-state index contributed by atoms with van der Waals surface area (Å²) in [5, 5.41) is 3.76. The van der Waals surface area contributed by atoms with Crippen LogP contribution >= 0.6 is 34.8 Å². The number of rotatable bonds is 8. The monoisotopic (exact) mass is 472 g/mol. The smallest absolute Gasteiger partial charge is 0.242 e. The molecule has 2 aromatic rings. The van der Waals surface area contributed by atoms with Gasteiger partial charge in [-0.3, -0.25) is 9.59 Å². The lowest BCUT2D eigenvalue weighted by Crippen LogP contribution is -2.50. The van der Waals surface area contributed by atoms with Gasteiger partial charge in [0.25, 0.3) is 0 Å². The zero-order valence-electron chi connectivity index (χ0n) is 17.0. The van der Waals surface area contributed by atoms with Gasteiger partial charge in [0.2, 0.25) is 11.8 Å². The molecule has 0 aliphatic heterocycles. The van der Waals surface area contributed by atoms with Crippen molar-refractivity contribution in [2.75, 3.05) is 0 Å². The molecule has 4 nitrogen and oxygen atoms in total. The third-order valence-electron chi connectivity index (χ3n) is 4.95. The Morgan fingerprint density at radius 2 is 1.53 bits per heavy atom. The van der Waals surface area contributed by atoms with Gasteiger partial charge >= 0.3 is 0 Å². The first-order chi connectivity index (χ1) is 14.1. The molecule has 0 unspecified atom stereocenters. The van der Waals surface area contributed by atoms with Crippen molar-refractivity contribution in [2.24, 2.45) is 0 Å². The Morgan fingerprint density at radius 3 is 2.07 bits per heavy atom. The lowest BCUT2D eigenvalue weighted by molar-refractivity contribution is -0.140. The van der Waals surface area contributed by atoms with Crippen LogP contribution in [-0.4, -0.2) is 28.8 Å². The molecular formula is C22H24Cl3FN2O2. The van der Waals surface area contributed by atoms with Gasteiger partial charge in [-0.2, -0.15) is 0 Å². The third-order valence-corrected chi connectivity index (χ3v) is 6.01. The summed E-state index contributed by atoms with van der Waals surface area (Å²) < 4.78 is 14.2. The van der Waals surface area contributed by atoms with Crippen molar-refractivity contribution in [1.29, 1.82) is 0 Å². The Balaban J connectivity index is 2.37. The summed E-state index contributed by atoms with van der Waals surface area (Å²) in [6.07, 6.45) is 0.447. The minimum absolute atomic E-state index is 0.00148. The van der Waals surface area contributed by atoms with E-state index in [9.17, 15) is 14.0 Å². The van der Waals surface area contributed by atoms with Gasteiger partial charge in [-0.1, -0.05) is 53.9 Å². The number of carbonyl (C=O) groups excluding carboxylic acids is 2. The standard InChI is InChI=1S/C22H24Cl3FN2O2/c1-4-13(2)27-22(30)14(3)28(12-16-18(24)7-5-8-19(16)25)21(29)11-15-17(23)9-6-10-20(15)26/h5-10,13-14H,4,11-12H2,1-3H3,(H,27,30)/t13-,14-/m0/s1. The van der Waals surface area contributed by atoms with Gasteiger partial charge in [0.1, 0.15) is 11.9 Å². The summed E-state index contributed by atoms with van der Waals surface area (Å²) in [5.74, 6) is -1.37. The van der Waals surface area contributed by atoms with Crippen LogP contribution in [0.4, 0.5) is 4.39 Å². The second-order valence-electron chi connectivity index (χ2n) is 7.09. The molecule has 0 aromatic heterocycles. The summed E-state index contributed by atoms with van der Waals surface area (Å²) in [4.78, 5) is 27.3. The number of nitrogens with zero attached hydrogens (tertiary/aromatic N) is 1. The molecule has 0 bridgehead atoms. The third kappa shape index (κ3) is 6.10. The molecule has 30 heavy (non-hydrogen) atoms. The van der Waals surface area contributed by atoms with Crippen LogP contribution in [0.3, 0.4) is 0 Å². The van der Waals surface area contributed by atoms with Crippen LogP contribution in [0.15, 0.2) is 36.4 Å². The Kier molecular flexibility index (Phi) is 8.95. The Labute approximate surface area is 191 Å². The Morgan fingerprint density at radius 1 is 1.00 bits per heavy atom. The fraction of sp³-hybridized carbons (Fsp3) is 0.364. The van der Waals surface area contributed by atoms with Gasteiger partial charge < -0.3 is 10.2 Å². The number of hydrogen-bond donors (Lipinski definition) is 1. The molecule has 2 amide bonds. The highest BCUT2D eigenvalue weighted by Crippen LogP contribution is 2.27. The first-order valence-corrected chi connectivity index (χ1v) is 10.7. The largest absolute Gasteiger partial charge is 0.352 e. The van der Waals surface area contributed by atoms with Crippen LogP contribution in [0.25, 0.3) is 0 Å². The number of amides is 2. The van der Waals surface area contributed by atoms with Crippen molar-refractivity contribution < 1.29 is 14.0 Å². The summed E-state index contributed by atoms with van der Waals surface area (Å²) in [5.41, 5.74) is 0.589. The summed E-state index contributed by atoms with van der Waals surface area (Å²) in [6.45, 7) is 5.44. The van der Waals surface area contributed by atoms with Crippen LogP contribution in [0.1, 0.15) is 38.3 Å². The van der Waals surface area contributed by atoms with Gasteiger partial charge in [0.15, 0.2) is 0 Å². The predicted octanol–water partition coefficient (Wildman–Crippen LogP) is 5.66. The van der Waals surface area contributed by atoms with Crippen LogP contribution in [-0.2, 0) is 22.6 Å². The van der Waals surface area contributed by atoms with E-state index in [0.29, 0.717) is 15.6 Å². The lowest BCUT2D eigenvalue weighted by atomic mass is 10.1. The normalized spacial score (nSPS) is 12.9. The van der Waals surface area contributed by atoms with E-state index in [1.165, 1.54) is 23.1 Å². The maximum absolute atomic E-state index is 14.2. The molecule has 0 spiro atoms. The molecule has 0 heterocycles. The highest BCUT2D eigenvalue weighted by Gasteiger charge is 2.29. The highest BCUT2D eigenvalue weighted by atomic mass is 35.5. The summed E-state index contributed by atoms with van der Waals surface area (Å²) >= 11 is 18.6. The van der Waals surface area contributed by atoms with Crippen molar-refractivity contribution in [3.05, 3.63) is 68.4 Å². The number of benzene rings is 2. The van der Waals surface area contributed by atoms with Crippen LogP contribution in [0.2, 0.25) is 15.1 Å². The molecule has 0 saturated heterocycles. The molecule has 2 aromatic carbocycles. The minimum Gasteiger partial charge on any atom is -0.352 e. The molecule has 0 aliphatic carbocycles. The highest BCUT2D eigenvalue weighted by molar-refractivity contribution is 6.36. The predicted molar refractivity (Wildman–Crippen MR) is 119 cm³/mol. The lowest BCUT2D eigenvalue weighted by Gasteiger charge is -2.30. The maximum Gasteiger partial charge on any atom is 0.242 e. The SMILES string of the molecule is CC[C@H](C)NC(=O)[C@H](C)N(Cc1c(Cl)cccc1Cl)C(=O)Cc1c(F)cccc1Cl. The average molecular weight is 474 g/mol. The fourth-order valence-electron chi connectivity index (χ4n) is 2.86. The fourth-order valence-corrected chi connectivity index (χ4v) is 3.60. The van der Waals surface area contributed by atoms with E-state index in [4.69, 9.17) is 34.8 Å².